The lowest BCUT2D eigenvalue weighted by molar-refractivity contribution is -0.120. The van der Waals surface area contributed by atoms with Gasteiger partial charge in [0.2, 0.25) is 5.91 Å². The first kappa shape index (κ1) is 38.7. The van der Waals surface area contributed by atoms with Crippen molar-refractivity contribution < 1.29 is 18.6 Å². The molecule has 0 aliphatic rings. The molecule has 4 rings (SSSR count). The summed E-state index contributed by atoms with van der Waals surface area (Å²) < 4.78 is 22.0. The molecular formula is C40H52N5O4P. The van der Waals surface area contributed by atoms with Crippen molar-refractivity contribution in [3.05, 3.63) is 120 Å². The Morgan fingerprint density at radius 2 is 1.44 bits per heavy atom. The van der Waals surface area contributed by atoms with Crippen LogP contribution in [0.5, 0.6) is 5.75 Å². The van der Waals surface area contributed by atoms with Crippen LogP contribution >= 0.6 is 8.53 Å². The molecule has 266 valence electrons. The van der Waals surface area contributed by atoms with Crippen LogP contribution in [-0.2, 0) is 25.8 Å². The topological polar surface area (TPSA) is 102 Å². The van der Waals surface area contributed by atoms with E-state index in [2.05, 4.69) is 84.7 Å². The quantitative estimate of drug-likeness (QED) is 0.0532. The molecule has 9 nitrogen and oxygen atoms in total. The predicted octanol–water partition coefficient (Wildman–Crippen LogP) is 8.24. The fraction of sp³-hybridized carbons (Fsp3) is 0.425. The van der Waals surface area contributed by atoms with E-state index in [1.165, 1.54) is 0 Å². The van der Waals surface area contributed by atoms with Crippen molar-refractivity contribution in [1.29, 1.82) is 5.26 Å². The van der Waals surface area contributed by atoms with E-state index in [0.717, 1.165) is 48.1 Å². The summed E-state index contributed by atoms with van der Waals surface area (Å²) in [7, 11) is 0.458. The van der Waals surface area contributed by atoms with E-state index < -0.39 is 14.1 Å². The van der Waals surface area contributed by atoms with Crippen molar-refractivity contribution in [3.63, 3.8) is 0 Å². The molecule has 0 bridgehead atoms. The average molecular weight is 698 g/mol. The molecule has 1 aromatic heterocycles. The van der Waals surface area contributed by atoms with E-state index >= 15 is 0 Å². The molecular weight excluding hydrogens is 645 g/mol. The van der Waals surface area contributed by atoms with Gasteiger partial charge in [0, 0.05) is 24.8 Å². The molecule has 0 saturated carbocycles. The minimum Gasteiger partial charge on any atom is -0.497 e. The van der Waals surface area contributed by atoms with Crippen LogP contribution in [0.1, 0.15) is 82.2 Å². The van der Waals surface area contributed by atoms with Gasteiger partial charge < -0.3 is 23.7 Å². The summed E-state index contributed by atoms with van der Waals surface area (Å²) in [6.45, 7) is 10.1. The molecule has 1 N–H and O–H groups in total. The first-order valence-electron chi connectivity index (χ1n) is 17.6. The van der Waals surface area contributed by atoms with Gasteiger partial charge in [0.15, 0.2) is 0 Å². The summed E-state index contributed by atoms with van der Waals surface area (Å²) in [6.07, 6.45) is 8.15. The molecule has 1 amide bonds. The summed E-state index contributed by atoms with van der Waals surface area (Å²) in [6, 6.07) is 31.6. The SMILES string of the molecule is COc1ccc(C(c2ccccc2)(c2ccccc2)n2cnc(CC(=O)NCCCCCCOP(OCCC#N)N(C(C)C)C(C)C)c2)cc1. The smallest absolute Gasteiger partial charge is 0.259 e. The zero-order chi connectivity index (χ0) is 35.8. The van der Waals surface area contributed by atoms with Crippen LogP contribution in [0.4, 0.5) is 0 Å². The van der Waals surface area contributed by atoms with Gasteiger partial charge in [-0.25, -0.2) is 9.65 Å². The summed E-state index contributed by atoms with van der Waals surface area (Å²) in [5, 5.41) is 12.0. The number of hydrogen-bond acceptors (Lipinski definition) is 7. The number of ether oxygens (including phenoxy) is 1. The second-order valence-corrected chi connectivity index (χ2v) is 14.2. The van der Waals surface area contributed by atoms with Crippen molar-refractivity contribution >= 4 is 14.4 Å². The van der Waals surface area contributed by atoms with Gasteiger partial charge in [-0.05, 0) is 69.4 Å². The Labute approximate surface area is 299 Å². The first-order chi connectivity index (χ1) is 24.3. The maximum absolute atomic E-state index is 13.0. The Morgan fingerprint density at radius 1 is 0.860 bits per heavy atom. The Bertz CT molecular complexity index is 1560. The predicted molar refractivity (Wildman–Crippen MR) is 200 cm³/mol. The molecule has 0 spiro atoms. The number of carbonyl (C=O) groups excluding carboxylic acids is 1. The van der Waals surface area contributed by atoms with E-state index in [9.17, 15) is 4.79 Å². The molecule has 0 saturated heterocycles. The minimum absolute atomic E-state index is 0.0457. The Kier molecular flexibility index (Phi) is 15.5. The van der Waals surface area contributed by atoms with Crippen molar-refractivity contribution in [1.82, 2.24) is 19.5 Å². The molecule has 10 heteroatoms. The fourth-order valence-electron chi connectivity index (χ4n) is 6.27. The second kappa shape index (κ2) is 20.0. The number of amides is 1. The number of unbranched alkanes of at least 4 members (excludes halogenated alkanes) is 3. The van der Waals surface area contributed by atoms with Gasteiger partial charge in [-0.1, -0.05) is 85.6 Å². The molecule has 0 aliphatic heterocycles. The van der Waals surface area contributed by atoms with E-state index in [1.54, 1.807) is 7.11 Å². The van der Waals surface area contributed by atoms with Crippen molar-refractivity contribution in [3.8, 4) is 11.8 Å². The summed E-state index contributed by atoms with van der Waals surface area (Å²) >= 11 is 0. The summed E-state index contributed by atoms with van der Waals surface area (Å²) in [4.78, 5) is 17.7. The van der Waals surface area contributed by atoms with Crippen LogP contribution < -0.4 is 10.1 Å². The van der Waals surface area contributed by atoms with Crippen LogP contribution in [0.3, 0.4) is 0 Å². The standard InChI is InChI=1S/C40H52N5O4P/c1-32(2)45(33(3)4)50(49-28-16-25-41)48-27-15-7-6-14-26-42-39(46)29-37-30-44(31-43-37)40(34-17-10-8-11-18-34,35-19-12-9-13-20-35)36-21-23-38(47-5)24-22-36/h8-13,17-24,30-33H,6-7,14-16,26-29H2,1-5H3,(H,42,46). The largest absolute Gasteiger partial charge is 0.497 e. The maximum atomic E-state index is 13.0. The number of nitriles is 1. The van der Waals surface area contributed by atoms with Crippen LogP contribution in [-0.4, -0.2) is 59.1 Å². The third-order valence-corrected chi connectivity index (χ3v) is 10.6. The van der Waals surface area contributed by atoms with Crippen molar-refractivity contribution in [2.75, 3.05) is 26.9 Å². The van der Waals surface area contributed by atoms with Crippen molar-refractivity contribution in [2.45, 2.75) is 83.8 Å². The number of rotatable bonds is 21. The third kappa shape index (κ3) is 10.2. The highest BCUT2D eigenvalue weighted by molar-refractivity contribution is 7.44. The van der Waals surface area contributed by atoms with Crippen LogP contribution in [0, 0.1) is 11.3 Å². The van der Waals surface area contributed by atoms with Gasteiger partial charge >= 0.3 is 0 Å². The normalized spacial score (nSPS) is 12.3. The van der Waals surface area contributed by atoms with E-state index in [0.29, 0.717) is 31.9 Å². The van der Waals surface area contributed by atoms with Crippen LogP contribution in [0.2, 0.25) is 0 Å². The van der Waals surface area contributed by atoms with Crippen LogP contribution in [0.25, 0.3) is 0 Å². The lowest BCUT2D eigenvalue weighted by Crippen LogP contribution is -2.37. The molecule has 1 unspecified atom stereocenters. The van der Waals surface area contributed by atoms with E-state index in [1.807, 2.05) is 61.1 Å². The van der Waals surface area contributed by atoms with Gasteiger partial charge in [0.1, 0.15) is 11.3 Å². The number of aromatic nitrogens is 2. The lowest BCUT2D eigenvalue weighted by Gasteiger charge is -2.37. The van der Waals surface area contributed by atoms with E-state index in [-0.39, 0.29) is 24.4 Å². The molecule has 3 aromatic carbocycles. The highest BCUT2D eigenvalue weighted by Gasteiger charge is 2.38. The molecule has 0 radical (unpaired) electrons. The number of imidazole rings is 1. The zero-order valence-corrected chi connectivity index (χ0v) is 31.0. The van der Waals surface area contributed by atoms with Gasteiger partial charge in [0.05, 0.1) is 51.3 Å². The third-order valence-electron chi connectivity index (χ3n) is 8.51. The summed E-state index contributed by atoms with van der Waals surface area (Å²) in [5.41, 5.74) is 3.20. The number of nitrogens with one attached hydrogen (secondary N) is 1. The lowest BCUT2D eigenvalue weighted by atomic mass is 9.76. The van der Waals surface area contributed by atoms with Gasteiger partial charge in [-0.3, -0.25) is 4.79 Å². The Hall–Kier alpha value is -4.06. The molecule has 1 heterocycles. The second-order valence-electron chi connectivity index (χ2n) is 12.8. The number of carbonyl (C=O) groups is 1. The first-order valence-corrected chi connectivity index (χ1v) is 18.7. The highest BCUT2D eigenvalue weighted by Crippen LogP contribution is 2.46. The van der Waals surface area contributed by atoms with Crippen molar-refractivity contribution in [2.24, 2.45) is 0 Å². The zero-order valence-electron chi connectivity index (χ0n) is 30.1. The number of hydrogen-bond donors (Lipinski definition) is 1. The average Bonchev–Trinajstić information content (AvgIpc) is 3.58. The fourth-order valence-corrected chi connectivity index (χ4v) is 7.90. The molecule has 4 aromatic rings. The molecule has 50 heavy (non-hydrogen) atoms. The Morgan fingerprint density at radius 3 is 2.02 bits per heavy atom. The number of nitrogens with zero attached hydrogens (tertiary/aromatic N) is 4. The number of methoxy groups -OCH3 is 1. The molecule has 0 fully saturated rings. The Balaban J connectivity index is 1.34. The van der Waals surface area contributed by atoms with Gasteiger partial charge in [-0.15, -0.1) is 0 Å². The monoisotopic (exact) mass is 697 g/mol. The summed E-state index contributed by atoms with van der Waals surface area (Å²) in [5.74, 6) is 0.739. The van der Waals surface area contributed by atoms with Crippen LogP contribution in [0.15, 0.2) is 97.5 Å². The maximum Gasteiger partial charge on any atom is 0.259 e. The minimum atomic E-state index is -1.21. The van der Waals surface area contributed by atoms with Gasteiger partial charge in [0.25, 0.3) is 8.53 Å². The molecule has 0 aliphatic carbocycles. The highest BCUT2D eigenvalue weighted by atomic mass is 31.2. The van der Waals surface area contributed by atoms with Gasteiger partial charge in [-0.2, -0.15) is 5.26 Å². The number of benzene rings is 3. The molecule has 1 atom stereocenters. The van der Waals surface area contributed by atoms with E-state index in [4.69, 9.17) is 24.0 Å².